The van der Waals surface area contributed by atoms with Crippen molar-refractivity contribution in [3.63, 3.8) is 0 Å². The Bertz CT molecular complexity index is 1290. The first kappa shape index (κ1) is 21.8. The summed E-state index contributed by atoms with van der Waals surface area (Å²) < 4.78 is 5.16. The van der Waals surface area contributed by atoms with Gasteiger partial charge in [0, 0.05) is 17.8 Å². The summed E-state index contributed by atoms with van der Waals surface area (Å²) in [7, 11) is 1.53. The van der Waals surface area contributed by atoms with E-state index in [1.165, 1.54) is 31.4 Å². The number of ether oxygens (including phenoxy) is 1. The summed E-state index contributed by atoms with van der Waals surface area (Å²) >= 11 is 0. The van der Waals surface area contributed by atoms with Crippen molar-refractivity contribution in [1.29, 1.82) is 0 Å². The number of amides is 2. The van der Waals surface area contributed by atoms with Crippen LogP contribution in [0.3, 0.4) is 0 Å². The Labute approximate surface area is 190 Å². The van der Waals surface area contributed by atoms with Crippen molar-refractivity contribution in [3.05, 3.63) is 99.2 Å². The molecule has 1 aliphatic heterocycles. The van der Waals surface area contributed by atoms with E-state index >= 15 is 0 Å². The van der Waals surface area contributed by atoms with E-state index in [4.69, 9.17) is 4.74 Å². The molecule has 0 aliphatic carbocycles. The number of nitrogens with one attached hydrogen (secondary N) is 1. The lowest BCUT2D eigenvalue weighted by molar-refractivity contribution is -0.384. The molecule has 33 heavy (non-hydrogen) atoms. The number of benzene rings is 3. The highest BCUT2D eigenvalue weighted by Crippen LogP contribution is 2.35. The molecule has 0 bridgehead atoms. The molecule has 1 aliphatic rings. The fraction of sp³-hybridized carbons (Fsp3) is 0.120. The second-order valence-electron chi connectivity index (χ2n) is 7.62. The summed E-state index contributed by atoms with van der Waals surface area (Å²) in [4.78, 5) is 38.5. The molecule has 3 aromatic carbocycles. The third kappa shape index (κ3) is 4.06. The minimum Gasteiger partial charge on any atom is -0.497 e. The maximum absolute atomic E-state index is 13.5. The molecule has 1 heterocycles. The molecule has 1 N–H and O–H groups in total. The predicted molar refractivity (Wildman–Crippen MR) is 125 cm³/mol. The number of nitro groups is 1. The largest absolute Gasteiger partial charge is 0.497 e. The number of nitrogens with zero attached hydrogens (tertiary/aromatic N) is 2. The molecule has 0 spiro atoms. The second-order valence-corrected chi connectivity index (χ2v) is 7.62. The fourth-order valence-electron chi connectivity index (χ4n) is 3.59. The van der Waals surface area contributed by atoms with Crippen molar-refractivity contribution in [2.45, 2.75) is 13.8 Å². The molecule has 0 unspecified atom stereocenters. The van der Waals surface area contributed by atoms with Crippen LogP contribution in [0.4, 0.5) is 17.1 Å². The van der Waals surface area contributed by atoms with E-state index in [9.17, 15) is 19.7 Å². The number of anilines is 2. The van der Waals surface area contributed by atoms with Gasteiger partial charge in [0.25, 0.3) is 17.5 Å². The van der Waals surface area contributed by atoms with Crippen molar-refractivity contribution in [2.24, 2.45) is 0 Å². The van der Waals surface area contributed by atoms with Crippen molar-refractivity contribution in [1.82, 2.24) is 0 Å². The molecule has 166 valence electrons. The summed E-state index contributed by atoms with van der Waals surface area (Å²) in [5.74, 6) is -0.447. The molecule has 0 saturated heterocycles. The van der Waals surface area contributed by atoms with Gasteiger partial charge in [-0.15, -0.1) is 0 Å². The van der Waals surface area contributed by atoms with Crippen molar-refractivity contribution in [3.8, 4) is 5.75 Å². The Hall–Kier alpha value is -4.46. The second kappa shape index (κ2) is 8.58. The van der Waals surface area contributed by atoms with E-state index in [0.29, 0.717) is 22.7 Å². The minimum absolute atomic E-state index is 0.105. The van der Waals surface area contributed by atoms with Gasteiger partial charge < -0.3 is 10.1 Å². The molecule has 0 saturated carbocycles. The average Bonchev–Trinajstić information content (AvgIpc) is 3.05. The number of non-ortho nitro benzene ring substituents is 1. The molecule has 2 amide bonds. The fourth-order valence-corrected chi connectivity index (χ4v) is 3.59. The van der Waals surface area contributed by atoms with E-state index in [0.717, 1.165) is 16.0 Å². The molecular weight excluding hydrogens is 422 g/mol. The predicted octanol–water partition coefficient (Wildman–Crippen LogP) is 4.62. The van der Waals surface area contributed by atoms with Crippen LogP contribution in [-0.2, 0) is 9.59 Å². The summed E-state index contributed by atoms with van der Waals surface area (Å²) in [6.45, 7) is 3.94. The first-order chi connectivity index (χ1) is 15.8. The zero-order valence-electron chi connectivity index (χ0n) is 18.3. The quantitative estimate of drug-likeness (QED) is 0.339. The molecule has 3 aromatic rings. The van der Waals surface area contributed by atoms with Gasteiger partial charge in [-0.2, -0.15) is 0 Å². The van der Waals surface area contributed by atoms with Gasteiger partial charge in [0.05, 0.1) is 23.3 Å². The van der Waals surface area contributed by atoms with Crippen molar-refractivity contribution >= 4 is 34.4 Å². The molecule has 0 radical (unpaired) electrons. The lowest BCUT2D eigenvalue weighted by atomic mass is 10.0. The Kier molecular flexibility index (Phi) is 5.66. The zero-order valence-corrected chi connectivity index (χ0v) is 18.3. The van der Waals surface area contributed by atoms with E-state index in [2.05, 4.69) is 5.32 Å². The van der Waals surface area contributed by atoms with Gasteiger partial charge in [-0.25, -0.2) is 4.90 Å². The third-order valence-electron chi connectivity index (χ3n) is 5.56. The van der Waals surface area contributed by atoms with Gasteiger partial charge >= 0.3 is 0 Å². The van der Waals surface area contributed by atoms with Crippen LogP contribution in [0.15, 0.2) is 72.4 Å². The van der Waals surface area contributed by atoms with E-state index in [-0.39, 0.29) is 17.0 Å². The van der Waals surface area contributed by atoms with E-state index in [1.807, 2.05) is 32.0 Å². The van der Waals surface area contributed by atoms with Crippen LogP contribution < -0.4 is 15.0 Å². The summed E-state index contributed by atoms with van der Waals surface area (Å²) in [6.07, 6.45) is 0. The molecular formula is C25H21N3O5. The highest BCUT2D eigenvalue weighted by atomic mass is 16.6. The Morgan fingerprint density at radius 1 is 0.879 bits per heavy atom. The van der Waals surface area contributed by atoms with Crippen molar-refractivity contribution < 1.29 is 19.2 Å². The topological polar surface area (TPSA) is 102 Å². The van der Waals surface area contributed by atoms with Crippen LogP contribution in [-0.4, -0.2) is 23.8 Å². The summed E-state index contributed by atoms with van der Waals surface area (Å²) in [6, 6.07) is 17.8. The molecule has 0 atom stereocenters. The SMILES string of the molecule is COc1ccc(N2C(=O)C(Nc3ccc(C)c(C)c3)=C(c3ccc([N+](=O)[O-])cc3)C2=O)cc1. The van der Waals surface area contributed by atoms with E-state index in [1.54, 1.807) is 24.3 Å². The lowest BCUT2D eigenvalue weighted by Crippen LogP contribution is -2.32. The van der Waals surface area contributed by atoms with Crippen LogP contribution in [0.5, 0.6) is 5.75 Å². The van der Waals surface area contributed by atoms with Crippen LogP contribution in [0.2, 0.25) is 0 Å². The monoisotopic (exact) mass is 443 g/mol. The van der Waals surface area contributed by atoms with Crippen LogP contribution in [0, 0.1) is 24.0 Å². The van der Waals surface area contributed by atoms with Crippen LogP contribution in [0.25, 0.3) is 5.57 Å². The average molecular weight is 443 g/mol. The highest BCUT2D eigenvalue weighted by molar-refractivity contribution is 6.46. The van der Waals surface area contributed by atoms with Crippen LogP contribution in [0.1, 0.15) is 16.7 Å². The maximum Gasteiger partial charge on any atom is 0.282 e. The number of nitro benzene ring substituents is 1. The van der Waals surface area contributed by atoms with Crippen molar-refractivity contribution in [2.75, 3.05) is 17.3 Å². The zero-order chi connectivity index (χ0) is 23.7. The Balaban J connectivity index is 1.80. The first-order valence-corrected chi connectivity index (χ1v) is 10.2. The maximum atomic E-state index is 13.5. The molecule has 4 rings (SSSR count). The van der Waals surface area contributed by atoms with Gasteiger partial charge in [0.2, 0.25) is 0 Å². The minimum atomic E-state index is -0.523. The smallest absolute Gasteiger partial charge is 0.282 e. The number of hydrogen-bond acceptors (Lipinski definition) is 6. The third-order valence-corrected chi connectivity index (χ3v) is 5.56. The van der Waals surface area contributed by atoms with Gasteiger partial charge in [-0.1, -0.05) is 6.07 Å². The number of hydrogen-bond donors (Lipinski definition) is 1. The number of rotatable bonds is 6. The number of carbonyl (C=O) groups excluding carboxylic acids is 2. The van der Waals surface area contributed by atoms with Crippen LogP contribution >= 0.6 is 0 Å². The number of methoxy groups -OCH3 is 1. The van der Waals surface area contributed by atoms with Gasteiger partial charge in [0.1, 0.15) is 11.4 Å². The standard InChI is InChI=1S/C25H21N3O5/c1-15-4-7-18(14-16(15)2)26-23-22(17-5-8-20(9-6-17)28(31)32)24(29)27(25(23)30)19-10-12-21(33-3)13-11-19/h4-14,26H,1-3H3. The first-order valence-electron chi connectivity index (χ1n) is 10.2. The van der Waals surface area contributed by atoms with Gasteiger partial charge in [0.15, 0.2) is 0 Å². The highest BCUT2D eigenvalue weighted by Gasteiger charge is 2.40. The molecule has 0 aromatic heterocycles. The van der Waals surface area contributed by atoms with Gasteiger partial charge in [-0.05, 0) is 79.1 Å². The summed E-state index contributed by atoms with van der Waals surface area (Å²) in [5, 5.41) is 14.2. The lowest BCUT2D eigenvalue weighted by Gasteiger charge is -2.16. The molecule has 0 fully saturated rings. The number of carbonyl (C=O) groups is 2. The summed E-state index contributed by atoms with van der Waals surface area (Å²) in [5.41, 5.74) is 3.72. The molecule has 8 heteroatoms. The van der Waals surface area contributed by atoms with Gasteiger partial charge in [-0.3, -0.25) is 19.7 Å². The normalized spacial score (nSPS) is 13.5. The number of imide groups is 1. The number of aryl methyl sites for hydroxylation is 2. The molecule has 8 nitrogen and oxygen atoms in total. The Morgan fingerprint density at radius 2 is 1.55 bits per heavy atom. The van der Waals surface area contributed by atoms with E-state index < -0.39 is 16.7 Å². The Morgan fingerprint density at radius 3 is 2.12 bits per heavy atom.